The van der Waals surface area contributed by atoms with Gasteiger partial charge in [0.1, 0.15) is 11.5 Å². The van der Waals surface area contributed by atoms with E-state index in [-0.39, 0.29) is 34.1 Å². The molecule has 2 aliphatic rings. The highest BCUT2D eigenvalue weighted by atomic mass is 16.8. The van der Waals surface area contributed by atoms with Crippen LogP contribution in [-0.2, 0) is 24.7 Å². The second kappa shape index (κ2) is 8.71. The number of benzene rings is 2. The maximum absolute atomic E-state index is 13.7. The van der Waals surface area contributed by atoms with E-state index in [1.165, 1.54) is 21.3 Å². The fraction of sp³-hybridized carbons (Fsp3) is 0.429. The molecule has 1 aliphatic carbocycles. The van der Waals surface area contributed by atoms with Gasteiger partial charge in [0.2, 0.25) is 17.4 Å². The first-order chi connectivity index (χ1) is 16.9. The maximum Gasteiger partial charge on any atom is 0.240 e. The van der Waals surface area contributed by atoms with Gasteiger partial charge in [0.15, 0.2) is 11.4 Å². The predicted octanol–water partition coefficient (Wildman–Crippen LogP) is 3.86. The molecular formula is C28H30O8. The van der Waals surface area contributed by atoms with Gasteiger partial charge in [-0.05, 0) is 58.2 Å². The SMILES string of the molecule is COc1cccc2c1C(=O)c1c(cc(C)c(C(=O)C#CC3(C)OC(C)(C)OC3C)c1O)C2(OC)OC. The van der Waals surface area contributed by atoms with Crippen LogP contribution < -0.4 is 4.74 Å². The zero-order valence-electron chi connectivity index (χ0n) is 21.7. The zero-order valence-corrected chi connectivity index (χ0v) is 21.7. The third-order valence-electron chi connectivity index (χ3n) is 6.83. The molecule has 2 aromatic carbocycles. The van der Waals surface area contributed by atoms with E-state index in [2.05, 4.69) is 11.8 Å². The zero-order chi connectivity index (χ0) is 26.6. The Kier molecular flexibility index (Phi) is 6.26. The molecule has 8 nitrogen and oxygen atoms in total. The minimum Gasteiger partial charge on any atom is -0.506 e. The number of hydrogen-bond acceptors (Lipinski definition) is 8. The molecule has 8 heteroatoms. The molecule has 2 atom stereocenters. The van der Waals surface area contributed by atoms with Crippen molar-refractivity contribution in [2.24, 2.45) is 0 Å². The molecule has 0 amide bonds. The van der Waals surface area contributed by atoms with Crippen molar-refractivity contribution < 1.29 is 38.4 Å². The van der Waals surface area contributed by atoms with Crippen molar-refractivity contribution >= 4 is 11.6 Å². The Morgan fingerprint density at radius 2 is 1.75 bits per heavy atom. The molecule has 2 aromatic rings. The number of aryl methyl sites for hydroxylation is 1. The Morgan fingerprint density at radius 1 is 1.08 bits per heavy atom. The first-order valence-corrected chi connectivity index (χ1v) is 11.5. The topological polar surface area (TPSA) is 101 Å². The molecular weight excluding hydrogens is 464 g/mol. The summed E-state index contributed by atoms with van der Waals surface area (Å²) >= 11 is 0. The number of ether oxygens (including phenoxy) is 5. The smallest absolute Gasteiger partial charge is 0.240 e. The Labute approximate surface area is 210 Å². The molecule has 0 bridgehead atoms. The van der Waals surface area contributed by atoms with Gasteiger partial charge in [-0.3, -0.25) is 9.59 Å². The Bertz CT molecular complexity index is 1330. The average molecular weight is 495 g/mol. The lowest BCUT2D eigenvalue weighted by molar-refractivity contribution is -0.185. The number of carbonyl (C=O) groups excluding carboxylic acids is 2. The molecule has 4 rings (SSSR count). The summed E-state index contributed by atoms with van der Waals surface area (Å²) in [5.41, 5.74) is 0.0964. The lowest BCUT2D eigenvalue weighted by Crippen LogP contribution is -2.39. The number of aromatic hydroxyl groups is 1. The monoisotopic (exact) mass is 494 g/mol. The molecule has 1 fully saturated rings. The van der Waals surface area contributed by atoms with E-state index < -0.39 is 34.5 Å². The number of phenolic OH excluding ortho intramolecular Hbond substituents is 1. The lowest BCUT2D eigenvalue weighted by Gasteiger charge is -2.38. The molecule has 1 aliphatic heterocycles. The summed E-state index contributed by atoms with van der Waals surface area (Å²) < 4.78 is 28.7. The summed E-state index contributed by atoms with van der Waals surface area (Å²) in [6.45, 7) is 8.75. The van der Waals surface area contributed by atoms with Crippen molar-refractivity contribution in [3.8, 4) is 23.3 Å². The van der Waals surface area contributed by atoms with Crippen LogP contribution in [0.25, 0.3) is 0 Å². The van der Waals surface area contributed by atoms with Crippen molar-refractivity contribution in [3.05, 3.63) is 57.6 Å². The third kappa shape index (κ3) is 3.71. The summed E-state index contributed by atoms with van der Waals surface area (Å²) in [5, 5.41) is 11.3. The van der Waals surface area contributed by atoms with E-state index in [0.29, 0.717) is 11.1 Å². The first kappa shape index (κ1) is 25.9. The van der Waals surface area contributed by atoms with Crippen LogP contribution in [0.1, 0.15) is 70.7 Å². The minimum absolute atomic E-state index is 0.0801. The summed E-state index contributed by atoms with van der Waals surface area (Å²) in [6.07, 6.45) is -0.388. The van der Waals surface area contributed by atoms with Crippen LogP contribution >= 0.6 is 0 Å². The van der Waals surface area contributed by atoms with Crippen molar-refractivity contribution in [1.82, 2.24) is 0 Å². The molecule has 0 saturated carbocycles. The maximum atomic E-state index is 13.7. The van der Waals surface area contributed by atoms with E-state index in [9.17, 15) is 14.7 Å². The van der Waals surface area contributed by atoms with Gasteiger partial charge in [-0.1, -0.05) is 18.1 Å². The molecule has 36 heavy (non-hydrogen) atoms. The Balaban J connectivity index is 1.89. The molecule has 0 aromatic heterocycles. The second-order valence-electron chi connectivity index (χ2n) is 9.52. The molecule has 1 heterocycles. The number of phenols is 1. The highest BCUT2D eigenvalue weighted by Crippen LogP contribution is 2.49. The van der Waals surface area contributed by atoms with Gasteiger partial charge in [0.05, 0.1) is 29.9 Å². The number of methoxy groups -OCH3 is 3. The van der Waals surface area contributed by atoms with Crippen molar-refractivity contribution in [1.29, 1.82) is 0 Å². The molecule has 2 unspecified atom stereocenters. The highest BCUT2D eigenvalue weighted by Gasteiger charge is 2.49. The average Bonchev–Trinajstić information content (AvgIpc) is 3.04. The molecule has 1 saturated heterocycles. The van der Waals surface area contributed by atoms with Gasteiger partial charge >= 0.3 is 0 Å². The first-order valence-electron chi connectivity index (χ1n) is 11.5. The van der Waals surface area contributed by atoms with Crippen molar-refractivity contribution in [3.63, 3.8) is 0 Å². The van der Waals surface area contributed by atoms with Crippen LogP contribution in [0.3, 0.4) is 0 Å². The van der Waals surface area contributed by atoms with E-state index in [0.717, 1.165) is 0 Å². The van der Waals surface area contributed by atoms with Crippen LogP contribution in [0.4, 0.5) is 0 Å². The van der Waals surface area contributed by atoms with Crippen LogP contribution in [0.15, 0.2) is 24.3 Å². The highest BCUT2D eigenvalue weighted by molar-refractivity contribution is 6.20. The second-order valence-corrected chi connectivity index (χ2v) is 9.52. The van der Waals surface area contributed by atoms with Crippen LogP contribution in [-0.4, -0.2) is 55.5 Å². The van der Waals surface area contributed by atoms with E-state index in [4.69, 9.17) is 23.7 Å². The summed E-state index contributed by atoms with van der Waals surface area (Å²) in [7, 11) is 4.32. The predicted molar refractivity (Wildman–Crippen MR) is 130 cm³/mol. The van der Waals surface area contributed by atoms with Gasteiger partial charge in [0, 0.05) is 25.3 Å². The van der Waals surface area contributed by atoms with Crippen LogP contribution in [0.5, 0.6) is 11.5 Å². The third-order valence-corrected chi connectivity index (χ3v) is 6.83. The molecule has 0 spiro atoms. The lowest BCUT2D eigenvalue weighted by atomic mass is 9.77. The molecule has 0 radical (unpaired) electrons. The van der Waals surface area contributed by atoms with Gasteiger partial charge in [0.25, 0.3) is 0 Å². The minimum atomic E-state index is -1.51. The van der Waals surface area contributed by atoms with Gasteiger partial charge in [-0.2, -0.15) is 0 Å². The normalized spacial score (nSPS) is 23.3. The fourth-order valence-corrected chi connectivity index (χ4v) is 5.11. The van der Waals surface area contributed by atoms with Gasteiger partial charge in [-0.15, -0.1) is 0 Å². The standard InChI is InChI=1S/C28H30O8/c1-15-14-18-23(25(31)22-17(28(18,33-7)34-8)10-9-11-20(22)32-6)24(30)21(15)19(29)12-13-27(5)16(2)35-26(3,4)36-27/h9-11,14,16,30H,1-8H3. The largest absolute Gasteiger partial charge is 0.506 e. The summed E-state index contributed by atoms with van der Waals surface area (Å²) in [5.74, 6) is 1.72. The van der Waals surface area contributed by atoms with E-state index >= 15 is 0 Å². The van der Waals surface area contributed by atoms with Gasteiger partial charge in [-0.25, -0.2) is 0 Å². The Morgan fingerprint density at radius 3 is 2.31 bits per heavy atom. The number of carbonyl (C=O) groups is 2. The quantitative estimate of drug-likeness (QED) is 0.296. The molecule has 1 N–H and O–H groups in total. The van der Waals surface area contributed by atoms with Crippen LogP contribution in [0.2, 0.25) is 0 Å². The summed E-state index contributed by atoms with van der Waals surface area (Å²) in [4.78, 5) is 27.0. The number of hydrogen-bond donors (Lipinski definition) is 1. The van der Waals surface area contributed by atoms with Crippen molar-refractivity contribution in [2.45, 2.75) is 57.9 Å². The van der Waals surface area contributed by atoms with Crippen molar-refractivity contribution in [2.75, 3.05) is 21.3 Å². The van der Waals surface area contributed by atoms with Crippen LogP contribution in [0, 0.1) is 18.8 Å². The number of rotatable bonds is 4. The number of fused-ring (bicyclic) bond motifs is 2. The van der Waals surface area contributed by atoms with E-state index in [1.54, 1.807) is 52.0 Å². The Hall–Kier alpha value is -3.22. The van der Waals surface area contributed by atoms with E-state index in [1.807, 2.05) is 6.92 Å². The number of Topliss-reactive ketones (excluding diaryl/α,β-unsaturated/α-hetero) is 1. The summed E-state index contributed by atoms with van der Waals surface area (Å²) in [6, 6.07) is 6.67. The molecule has 190 valence electrons. The fourth-order valence-electron chi connectivity index (χ4n) is 5.11. The number of ketones is 2. The van der Waals surface area contributed by atoms with Gasteiger partial charge < -0.3 is 28.8 Å².